The molecule has 0 bridgehead atoms. The third-order valence-corrected chi connectivity index (χ3v) is 4.82. The van der Waals surface area contributed by atoms with Crippen molar-refractivity contribution in [1.29, 1.82) is 0 Å². The van der Waals surface area contributed by atoms with Crippen molar-refractivity contribution in [3.8, 4) is 11.5 Å². The maximum Gasteiger partial charge on any atom is 0.336 e. The Bertz CT molecular complexity index is 1200. The summed E-state index contributed by atoms with van der Waals surface area (Å²) in [5.41, 5.74) is 0.00328. The number of fused-ring (bicyclic) bond motifs is 1. The molecule has 9 heteroatoms. The van der Waals surface area contributed by atoms with E-state index in [0.29, 0.717) is 5.39 Å². The van der Waals surface area contributed by atoms with Crippen LogP contribution in [0.1, 0.15) is 5.56 Å². The van der Waals surface area contributed by atoms with E-state index < -0.39 is 26.1 Å². The first-order valence-corrected chi connectivity index (χ1v) is 9.25. The maximum atomic E-state index is 11.6. The summed E-state index contributed by atoms with van der Waals surface area (Å²) in [6, 6.07) is 9.42. The number of benzene rings is 2. The summed E-state index contributed by atoms with van der Waals surface area (Å²) < 4.78 is 33.8. The summed E-state index contributed by atoms with van der Waals surface area (Å²) in [4.78, 5) is 21.8. The van der Waals surface area contributed by atoms with Crippen LogP contribution in [0.25, 0.3) is 11.0 Å². The van der Waals surface area contributed by atoms with Gasteiger partial charge in [0.15, 0.2) is 9.84 Å². The first-order chi connectivity index (χ1) is 12.1. The average Bonchev–Trinajstić information content (AvgIpc) is 2.53. The molecule has 8 nitrogen and oxygen atoms in total. The second-order valence-corrected chi connectivity index (χ2v) is 7.68. The highest BCUT2D eigenvalue weighted by Crippen LogP contribution is 2.34. The van der Waals surface area contributed by atoms with Crippen molar-refractivity contribution in [2.45, 2.75) is 11.8 Å². The van der Waals surface area contributed by atoms with Crippen molar-refractivity contribution in [2.75, 3.05) is 6.26 Å². The first kappa shape index (κ1) is 17.6. The Labute approximate surface area is 147 Å². The van der Waals surface area contributed by atoms with Gasteiger partial charge in [0.05, 0.1) is 9.82 Å². The van der Waals surface area contributed by atoms with Gasteiger partial charge in [0.25, 0.3) is 0 Å². The molecule has 1 heterocycles. The smallest absolute Gasteiger partial charge is 0.336 e. The van der Waals surface area contributed by atoms with E-state index in [0.717, 1.165) is 17.9 Å². The second kappa shape index (κ2) is 6.26. The Hall–Kier alpha value is -3.20. The number of rotatable bonds is 4. The lowest BCUT2D eigenvalue weighted by Gasteiger charge is -2.08. The van der Waals surface area contributed by atoms with Gasteiger partial charge in [0.1, 0.15) is 11.3 Å². The van der Waals surface area contributed by atoms with Crippen LogP contribution in [0.4, 0.5) is 5.69 Å². The molecule has 3 rings (SSSR count). The SMILES string of the molecule is Cc1cc(=O)oc2cc(Oc3ccc(S(C)(=O)=O)cc3[N+](=O)[O-])ccc12. The van der Waals surface area contributed by atoms with E-state index in [2.05, 4.69) is 0 Å². The van der Waals surface area contributed by atoms with Crippen molar-refractivity contribution >= 4 is 26.5 Å². The van der Waals surface area contributed by atoms with Crippen LogP contribution in [0.3, 0.4) is 0 Å². The van der Waals surface area contributed by atoms with Crippen LogP contribution in [0.15, 0.2) is 56.6 Å². The highest BCUT2D eigenvalue weighted by molar-refractivity contribution is 7.90. The van der Waals surface area contributed by atoms with E-state index in [4.69, 9.17) is 9.15 Å². The van der Waals surface area contributed by atoms with E-state index in [9.17, 15) is 23.3 Å². The molecule has 134 valence electrons. The third kappa shape index (κ3) is 3.42. The minimum atomic E-state index is -3.60. The van der Waals surface area contributed by atoms with Crippen LogP contribution in [0, 0.1) is 17.0 Å². The molecule has 0 atom stereocenters. The van der Waals surface area contributed by atoms with Crippen molar-refractivity contribution in [3.05, 3.63) is 68.6 Å². The van der Waals surface area contributed by atoms with E-state index in [1.54, 1.807) is 19.1 Å². The molecule has 0 amide bonds. The second-order valence-electron chi connectivity index (χ2n) is 5.67. The van der Waals surface area contributed by atoms with Crippen LogP contribution >= 0.6 is 0 Å². The lowest BCUT2D eigenvalue weighted by Crippen LogP contribution is -2.00. The number of nitro groups is 1. The molecule has 0 unspecified atom stereocenters. The Morgan fingerprint density at radius 3 is 2.50 bits per heavy atom. The standard InChI is InChI=1S/C17H13NO7S/c1-10-7-17(19)25-16-8-11(3-5-13(10)16)24-15-6-4-12(26(2,22)23)9-14(15)18(20)21/h3-9H,1-2H3. The first-order valence-electron chi connectivity index (χ1n) is 7.36. The average molecular weight is 375 g/mol. The third-order valence-electron chi connectivity index (χ3n) is 3.71. The molecule has 0 aliphatic carbocycles. The predicted molar refractivity (Wildman–Crippen MR) is 93.5 cm³/mol. The Balaban J connectivity index is 2.07. The molecule has 0 aliphatic rings. The summed E-state index contributed by atoms with van der Waals surface area (Å²) >= 11 is 0. The van der Waals surface area contributed by atoms with E-state index in [1.807, 2.05) is 0 Å². The maximum absolute atomic E-state index is 11.6. The van der Waals surface area contributed by atoms with Crippen LogP contribution in [0.5, 0.6) is 11.5 Å². The normalized spacial score (nSPS) is 11.5. The molecule has 2 aromatic carbocycles. The molecular formula is C17H13NO7S. The van der Waals surface area contributed by atoms with Crippen LogP contribution in [0.2, 0.25) is 0 Å². The zero-order valence-corrected chi connectivity index (χ0v) is 14.6. The Kier molecular flexibility index (Phi) is 4.25. The Morgan fingerprint density at radius 2 is 1.85 bits per heavy atom. The van der Waals surface area contributed by atoms with E-state index in [-0.39, 0.29) is 22.0 Å². The van der Waals surface area contributed by atoms with Gasteiger partial charge >= 0.3 is 11.3 Å². The quantitative estimate of drug-likeness (QED) is 0.390. The zero-order valence-electron chi connectivity index (χ0n) is 13.8. The number of hydrogen-bond acceptors (Lipinski definition) is 7. The summed E-state index contributed by atoms with van der Waals surface area (Å²) in [5.74, 6) is 0.0817. The molecular weight excluding hydrogens is 362 g/mol. The minimum Gasteiger partial charge on any atom is -0.450 e. The lowest BCUT2D eigenvalue weighted by molar-refractivity contribution is -0.385. The number of nitro benzene ring substituents is 1. The minimum absolute atomic E-state index is 0.128. The molecule has 3 aromatic rings. The molecule has 26 heavy (non-hydrogen) atoms. The highest BCUT2D eigenvalue weighted by Gasteiger charge is 2.20. The van der Waals surface area contributed by atoms with Crippen molar-refractivity contribution in [3.63, 3.8) is 0 Å². The summed E-state index contributed by atoms with van der Waals surface area (Å²) in [5, 5.41) is 12.0. The molecule has 0 saturated heterocycles. The van der Waals surface area contributed by atoms with Gasteiger partial charge in [-0.05, 0) is 36.8 Å². The van der Waals surface area contributed by atoms with E-state index >= 15 is 0 Å². The van der Waals surface area contributed by atoms with Gasteiger partial charge < -0.3 is 9.15 Å². The van der Waals surface area contributed by atoms with Gasteiger partial charge in [-0.2, -0.15) is 0 Å². The molecule has 0 N–H and O–H groups in total. The zero-order chi connectivity index (χ0) is 19.1. The number of sulfone groups is 1. The summed E-state index contributed by atoms with van der Waals surface area (Å²) in [7, 11) is -3.60. The van der Waals surface area contributed by atoms with Crippen LogP contribution in [-0.4, -0.2) is 19.6 Å². The summed E-state index contributed by atoms with van der Waals surface area (Å²) in [6.45, 7) is 1.76. The molecule has 0 aliphatic heterocycles. The van der Waals surface area contributed by atoms with Gasteiger partial charge in [0.2, 0.25) is 5.75 Å². The van der Waals surface area contributed by atoms with Gasteiger partial charge in [-0.15, -0.1) is 0 Å². The number of ether oxygens (including phenoxy) is 1. The van der Waals surface area contributed by atoms with Crippen molar-refractivity contribution in [1.82, 2.24) is 0 Å². The largest absolute Gasteiger partial charge is 0.450 e. The molecule has 0 radical (unpaired) electrons. The number of nitrogens with zero attached hydrogens (tertiary/aromatic N) is 1. The molecule has 0 fully saturated rings. The van der Waals surface area contributed by atoms with Gasteiger partial charge in [-0.1, -0.05) is 0 Å². The highest BCUT2D eigenvalue weighted by atomic mass is 32.2. The fourth-order valence-electron chi connectivity index (χ4n) is 2.45. The number of hydrogen-bond donors (Lipinski definition) is 0. The van der Waals surface area contributed by atoms with Gasteiger partial charge in [0, 0.05) is 29.8 Å². The fraction of sp³-hybridized carbons (Fsp3) is 0.118. The fourth-order valence-corrected chi connectivity index (χ4v) is 3.09. The molecule has 1 aromatic heterocycles. The van der Waals surface area contributed by atoms with Crippen LogP contribution < -0.4 is 10.4 Å². The monoisotopic (exact) mass is 375 g/mol. The molecule has 0 saturated carbocycles. The predicted octanol–water partition coefficient (Wildman–Crippen LogP) is 3.21. The number of aryl methyl sites for hydroxylation is 1. The lowest BCUT2D eigenvalue weighted by atomic mass is 10.1. The van der Waals surface area contributed by atoms with E-state index in [1.165, 1.54) is 24.3 Å². The van der Waals surface area contributed by atoms with Gasteiger partial charge in [-0.25, -0.2) is 13.2 Å². The Morgan fingerprint density at radius 1 is 1.12 bits per heavy atom. The van der Waals surface area contributed by atoms with Crippen molar-refractivity contribution in [2.24, 2.45) is 0 Å². The summed E-state index contributed by atoms with van der Waals surface area (Å²) in [6.07, 6.45) is 0.959. The molecule has 0 spiro atoms. The van der Waals surface area contributed by atoms with Crippen LogP contribution in [-0.2, 0) is 9.84 Å². The topological polar surface area (TPSA) is 117 Å². The van der Waals surface area contributed by atoms with Crippen molar-refractivity contribution < 1.29 is 22.5 Å². The van der Waals surface area contributed by atoms with Gasteiger partial charge in [-0.3, -0.25) is 10.1 Å².